The normalized spacial score (nSPS) is 10.4. The summed E-state index contributed by atoms with van der Waals surface area (Å²) in [7, 11) is 0. The molecule has 0 spiro atoms. The van der Waals surface area contributed by atoms with Crippen molar-refractivity contribution >= 4 is 23.2 Å². The maximum Gasteiger partial charge on any atom is 0.225 e. The van der Waals surface area contributed by atoms with Crippen LogP contribution in [0, 0.1) is 0 Å². The van der Waals surface area contributed by atoms with E-state index in [2.05, 4.69) is 10.6 Å². The number of carbonyl (C=O) groups is 1. The van der Waals surface area contributed by atoms with Gasteiger partial charge in [-0.1, -0.05) is 23.7 Å². The van der Waals surface area contributed by atoms with Gasteiger partial charge < -0.3 is 15.1 Å². The standard InChI is InChI=1S/C14H15ClN2O2/c15-12-5-1-2-6-13(12)17-14(18)7-8-16-10-11-4-3-9-19-11/h1-6,9,16H,7-8,10H2,(H,17,18). The summed E-state index contributed by atoms with van der Waals surface area (Å²) in [5, 5.41) is 6.44. The van der Waals surface area contributed by atoms with Crippen LogP contribution in [0.4, 0.5) is 5.69 Å². The third kappa shape index (κ3) is 4.43. The molecule has 0 fully saturated rings. The van der Waals surface area contributed by atoms with E-state index in [9.17, 15) is 4.79 Å². The predicted molar refractivity (Wildman–Crippen MR) is 75.1 cm³/mol. The van der Waals surface area contributed by atoms with Crippen LogP contribution in [0.5, 0.6) is 0 Å². The Balaban J connectivity index is 1.69. The lowest BCUT2D eigenvalue weighted by Gasteiger charge is -2.07. The lowest BCUT2D eigenvalue weighted by Crippen LogP contribution is -2.21. The van der Waals surface area contributed by atoms with E-state index in [0.717, 1.165) is 5.76 Å². The highest BCUT2D eigenvalue weighted by Crippen LogP contribution is 2.20. The number of benzene rings is 1. The number of carbonyl (C=O) groups excluding carboxylic acids is 1. The SMILES string of the molecule is O=C(CCNCc1ccco1)Nc1ccccc1Cl. The van der Waals surface area contributed by atoms with Gasteiger partial charge in [0.15, 0.2) is 0 Å². The average molecular weight is 279 g/mol. The smallest absolute Gasteiger partial charge is 0.225 e. The van der Waals surface area contributed by atoms with Crippen LogP contribution in [0.2, 0.25) is 5.02 Å². The van der Waals surface area contributed by atoms with Crippen molar-refractivity contribution < 1.29 is 9.21 Å². The van der Waals surface area contributed by atoms with E-state index in [1.165, 1.54) is 0 Å². The maximum absolute atomic E-state index is 11.7. The van der Waals surface area contributed by atoms with Crippen molar-refractivity contribution in [3.8, 4) is 0 Å². The predicted octanol–water partition coefficient (Wildman–Crippen LogP) is 3.05. The van der Waals surface area contributed by atoms with Gasteiger partial charge in [-0.3, -0.25) is 4.79 Å². The molecule has 1 aromatic heterocycles. The van der Waals surface area contributed by atoms with Gasteiger partial charge in [0.05, 0.1) is 23.5 Å². The third-order valence-electron chi connectivity index (χ3n) is 2.56. The quantitative estimate of drug-likeness (QED) is 0.799. The number of furan rings is 1. The Morgan fingerprint density at radius 1 is 1.21 bits per heavy atom. The molecule has 0 bridgehead atoms. The number of hydrogen-bond acceptors (Lipinski definition) is 3. The Bertz CT molecular complexity index is 526. The highest BCUT2D eigenvalue weighted by atomic mass is 35.5. The van der Waals surface area contributed by atoms with Crippen LogP contribution < -0.4 is 10.6 Å². The van der Waals surface area contributed by atoms with Crippen LogP contribution in [0.3, 0.4) is 0 Å². The highest BCUT2D eigenvalue weighted by Gasteiger charge is 2.04. The number of para-hydroxylation sites is 1. The largest absolute Gasteiger partial charge is 0.468 e. The first-order valence-electron chi connectivity index (χ1n) is 6.03. The first-order chi connectivity index (χ1) is 9.25. The fourth-order valence-corrected chi connectivity index (χ4v) is 1.78. The molecule has 2 N–H and O–H groups in total. The van der Waals surface area contributed by atoms with E-state index in [0.29, 0.717) is 30.2 Å². The van der Waals surface area contributed by atoms with Crippen LogP contribution in [0.25, 0.3) is 0 Å². The molecule has 0 saturated heterocycles. The second kappa shape index (κ2) is 6.97. The van der Waals surface area contributed by atoms with E-state index in [1.807, 2.05) is 24.3 Å². The van der Waals surface area contributed by atoms with Gasteiger partial charge in [0.2, 0.25) is 5.91 Å². The fourth-order valence-electron chi connectivity index (χ4n) is 1.60. The monoisotopic (exact) mass is 278 g/mol. The molecule has 19 heavy (non-hydrogen) atoms. The first kappa shape index (κ1) is 13.6. The molecule has 0 aliphatic heterocycles. The molecule has 0 radical (unpaired) electrons. The zero-order valence-corrected chi connectivity index (χ0v) is 11.1. The summed E-state index contributed by atoms with van der Waals surface area (Å²) in [4.78, 5) is 11.7. The summed E-state index contributed by atoms with van der Waals surface area (Å²) in [6.07, 6.45) is 2.01. The van der Waals surface area contributed by atoms with Crippen molar-refractivity contribution in [3.63, 3.8) is 0 Å². The Labute approximate surface area is 116 Å². The lowest BCUT2D eigenvalue weighted by molar-refractivity contribution is -0.116. The Hall–Kier alpha value is -1.78. The molecule has 1 aromatic carbocycles. The molecule has 1 amide bonds. The summed E-state index contributed by atoms with van der Waals surface area (Å²) < 4.78 is 5.17. The maximum atomic E-state index is 11.7. The Morgan fingerprint density at radius 3 is 2.79 bits per heavy atom. The molecule has 0 atom stereocenters. The molecular weight excluding hydrogens is 264 g/mol. The molecule has 0 aliphatic rings. The second-order valence-corrected chi connectivity index (χ2v) is 4.44. The van der Waals surface area contributed by atoms with Crippen LogP contribution in [0.1, 0.15) is 12.2 Å². The highest BCUT2D eigenvalue weighted by molar-refractivity contribution is 6.33. The van der Waals surface area contributed by atoms with Gasteiger partial charge in [-0.15, -0.1) is 0 Å². The van der Waals surface area contributed by atoms with E-state index < -0.39 is 0 Å². The van der Waals surface area contributed by atoms with Gasteiger partial charge in [-0.05, 0) is 24.3 Å². The summed E-state index contributed by atoms with van der Waals surface area (Å²) >= 11 is 5.95. The molecule has 4 nitrogen and oxygen atoms in total. The zero-order valence-electron chi connectivity index (χ0n) is 10.4. The van der Waals surface area contributed by atoms with Crippen LogP contribution in [-0.2, 0) is 11.3 Å². The number of hydrogen-bond donors (Lipinski definition) is 2. The van der Waals surface area contributed by atoms with E-state index >= 15 is 0 Å². The van der Waals surface area contributed by atoms with Crippen LogP contribution in [-0.4, -0.2) is 12.5 Å². The molecule has 100 valence electrons. The number of amides is 1. The Kier molecular flexibility index (Phi) is 5.01. The lowest BCUT2D eigenvalue weighted by atomic mass is 10.3. The minimum absolute atomic E-state index is 0.0694. The topological polar surface area (TPSA) is 54.3 Å². The molecule has 0 saturated carbocycles. The minimum atomic E-state index is -0.0694. The van der Waals surface area contributed by atoms with Gasteiger partial charge in [0, 0.05) is 13.0 Å². The summed E-state index contributed by atoms with van der Waals surface area (Å²) in [5.41, 5.74) is 0.639. The fraction of sp³-hybridized carbons (Fsp3) is 0.214. The van der Waals surface area contributed by atoms with Crippen molar-refractivity contribution in [3.05, 3.63) is 53.4 Å². The van der Waals surface area contributed by atoms with Gasteiger partial charge in [0.25, 0.3) is 0 Å². The number of anilines is 1. The number of halogens is 1. The van der Waals surface area contributed by atoms with Gasteiger partial charge in [-0.25, -0.2) is 0 Å². The molecule has 2 rings (SSSR count). The Morgan fingerprint density at radius 2 is 2.05 bits per heavy atom. The molecular formula is C14H15ClN2O2. The van der Waals surface area contributed by atoms with Crippen molar-refractivity contribution in [1.82, 2.24) is 5.32 Å². The van der Waals surface area contributed by atoms with Gasteiger partial charge in [-0.2, -0.15) is 0 Å². The van der Waals surface area contributed by atoms with Crippen molar-refractivity contribution in [1.29, 1.82) is 0 Å². The number of rotatable bonds is 6. The van der Waals surface area contributed by atoms with E-state index in [1.54, 1.807) is 18.4 Å². The van der Waals surface area contributed by atoms with Crippen LogP contribution >= 0.6 is 11.6 Å². The summed E-state index contributed by atoms with van der Waals surface area (Å²) in [6, 6.07) is 10.9. The molecule has 2 aromatic rings. The number of nitrogens with one attached hydrogen (secondary N) is 2. The third-order valence-corrected chi connectivity index (χ3v) is 2.89. The van der Waals surface area contributed by atoms with Crippen molar-refractivity contribution in [2.45, 2.75) is 13.0 Å². The molecule has 0 unspecified atom stereocenters. The average Bonchev–Trinajstić information content (AvgIpc) is 2.91. The molecule has 1 heterocycles. The van der Waals surface area contributed by atoms with Crippen molar-refractivity contribution in [2.75, 3.05) is 11.9 Å². The van der Waals surface area contributed by atoms with Gasteiger partial charge in [0.1, 0.15) is 5.76 Å². The molecule has 5 heteroatoms. The van der Waals surface area contributed by atoms with Crippen molar-refractivity contribution in [2.24, 2.45) is 0 Å². The molecule has 0 aliphatic carbocycles. The van der Waals surface area contributed by atoms with E-state index in [-0.39, 0.29) is 5.91 Å². The van der Waals surface area contributed by atoms with Gasteiger partial charge >= 0.3 is 0 Å². The summed E-state index contributed by atoms with van der Waals surface area (Å²) in [6.45, 7) is 1.20. The summed E-state index contributed by atoms with van der Waals surface area (Å²) in [5.74, 6) is 0.784. The zero-order chi connectivity index (χ0) is 13.5. The second-order valence-electron chi connectivity index (χ2n) is 4.03. The minimum Gasteiger partial charge on any atom is -0.468 e. The first-order valence-corrected chi connectivity index (χ1v) is 6.41. The van der Waals surface area contributed by atoms with E-state index in [4.69, 9.17) is 16.0 Å². The van der Waals surface area contributed by atoms with Crippen LogP contribution in [0.15, 0.2) is 47.1 Å².